The first-order chi connectivity index (χ1) is 7.54. The molecule has 0 aromatic heterocycles. The third kappa shape index (κ3) is 3.35. The Hall–Kier alpha value is -1.34. The SMILES string of the molecule is C=C(/C=C/c1c(C)cc(C)cc1C)CCO. The van der Waals surface area contributed by atoms with Crippen molar-refractivity contribution in [3.05, 3.63) is 52.6 Å². The van der Waals surface area contributed by atoms with Crippen molar-refractivity contribution in [1.82, 2.24) is 0 Å². The first kappa shape index (κ1) is 12.7. The molecule has 0 radical (unpaired) electrons. The van der Waals surface area contributed by atoms with Gasteiger partial charge in [0.2, 0.25) is 0 Å². The Labute approximate surface area is 98.1 Å². The Morgan fingerprint density at radius 3 is 2.31 bits per heavy atom. The fourth-order valence-electron chi connectivity index (χ4n) is 1.88. The van der Waals surface area contributed by atoms with Gasteiger partial charge in [-0.3, -0.25) is 0 Å². The summed E-state index contributed by atoms with van der Waals surface area (Å²) in [5.41, 5.74) is 6.07. The highest BCUT2D eigenvalue weighted by Gasteiger charge is 2.00. The Bertz CT molecular complexity index is 390. The zero-order valence-electron chi connectivity index (χ0n) is 10.4. The minimum atomic E-state index is 0.162. The maximum atomic E-state index is 8.78. The zero-order valence-corrected chi connectivity index (χ0v) is 10.4. The van der Waals surface area contributed by atoms with Crippen LogP contribution in [0.25, 0.3) is 6.08 Å². The maximum Gasteiger partial charge on any atom is 0.0471 e. The van der Waals surface area contributed by atoms with Gasteiger partial charge in [0.25, 0.3) is 0 Å². The van der Waals surface area contributed by atoms with Crippen molar-refractivity contribution < 1.29 is 5.11 Å². The summed E-state index contributed by atoms with van der Waals surface area (Å²) in [6.45, 7) is 10.4. The number of hydrogen-bond acceptors (Lipinski definition) is 1. The lowest BCUT2D eigenvalue weighted by molar-refractivity contribution is 0.300. The fraction of sp³-hybridized carbons (Fsp3) is 0.333. The Morgan fingerprint density at radius 1 is 1.25 bits per heavy atom. The highest BCUT2D eigenvalue weighted by Crippen LogP contribution is 2.18. The van der Waals surface area contributed by atoms with Crippen LogP contribution in [0.1, 0.15) is 28.7 Å². The number of aliphatic hydroxyl groups is 1. The van der Waals surface area contributed by atoms with Crippen LogP contribution in [0.4, 0.5) is 0 Å². The van der Waals surface area contributed by atoms with Crippen LogP contribution in [-0.2, 0) is 0 Å². The second kappa shape index (κ2) is 5.66. The van der Waals surface area contributed by atoms with Gasteiger partial charge in [0, 0.05) is 6.61 Å². The van der Waals surface area contributed by atoms with Gasteiger partial charge in [-0.1, -0.05) is 42.0 Å². The average molecular weight is 216 g/mol. The third-order valence-corrected chi connectivity index (χ3v) is 2.66. The molecule has 1 aromatic rings. The zero-order chi connectivity index (χ0) is 12.1. The van der Waals surface area contributed by atoms with Crippen LogP contribution in [0.5, 0.6) is 0 Å². The summed E-state index contributed by atoms with van der Waals surface area (Å²) >= 11 is 0. The van der Waals surface area contributed by atoms with Crippen LogP contribution in [0, 0.1) is 20.8 Å². The molecule has 0 fully saturated rings. The van der Waals surface area contributed by atoms with E-state index in [4.69, 9.17) is 5.11 Å². The molecule has 0 unspecified atom stereocenters. The molecule has 0 aliphatic rings. The molecule has 0 saturated heterocycles. The standard InChI is InChI=1S/C15H20O/c1-11(7-8-16)5-6-15-13(3)9-12(2)10-14(15)4/h5-6,9-10,16H,1,7-8H2,2-4H3/b6-5+. The first-order valence-corrected chi connectivity index (χ1v) is 5.59. The van der Waals surface area contributed by atoms with Crippen molar-refractivity contribution >= 4 is 6.08 Å². The molecule has 86 valence electrons. The smallest absolute Gasteiger partial charge is 0.0471 e. The van der Waals surface area contributed by atoms with E-state index in [0.29, 0.717) is 6.42 Å². The molecule has 16 heavy (non-hydrogen) atoms. The molecule has 0 bridgehead atoms. The second-order valence-electron chi connectivity index (χ2n) is 4.28. The molecule has 1 rings (SSSR count). The summed E-state index contributed by atoms with van der Waals surface area (Å²) in [4.78, 5) is 0. The highest BCUT2D eigenvalue weighted by atomic mass is 16.2. The van der Waals surface area contributed by atoms with Crippen LogP contribution in [0.3, 0.4) is 0 Å². The van der Waals surface area contributed by atoms with Crippen molar-refractivity contribution in [3.63, 3.8) is 0 Å². The van der Waals surface area contributed by atoms with Gasteiger partial charge in [-0.15, -0.1) is 0 Å². The lowest BCUT2D eigenvalue weighted by Gasteiger charge is -2.07. The maximum absolute atomic E-state index is 8.78. The normalized spacial score (nSPS) is 11.0. The van der Waals surface area contributed by atoms with Crippen LogP contribution < -0.4 is 0 Å². The van der Waals surface area contributed by atoms with Crippen molar-refractivity contribution in [2.75, 3.05) is 6.61 Å². The van der Waals surface area contributed by atoms with Gasteiger partial charge in [-0.2, -0.15) is 0 Å². The number of hydrogen-bond donors (Lipinski definition) is 1. The summed E-state index contributed by atoms with van der Waals surface area (Å²) in [5, 5.41) is 8.78. The van der Waals surface area contributed by atoms with Crippen LogP contribution >= 0.6 is 0 Å². The minimum absolute atomic E-state index is 0.162. The molecule has 1 aromatic carbocycles. The first-order valence-electron chi connectivity index (χ1n) is 5.59. The number of aryl methyl sites for hydroxylation is 3. The minimum Gasteiger partial charge on any atom is -0.396 e. The van der Waals surface area contributed by atoms with E-state index in [2.05, 4.69) is 45.6 Å². The van der Waals surface area contributed by atoms with Gasteiger partial charge in [-0.25, -0.2) is 0 Å². The van der Waals surface area contributed by atoms with Gasteiger partial charge in [0.1, 0.15) is 0 Å². The molecular formula is C15H20O. The van der Waals surface area contributed by atoms with E-state index in [1.165, 1.54) is 22.3 Å². The molecule has 0 saturated carbocycles. The molecule has 1 heteroatoms. The Morgan fingerprint density at radius 2 is 1.81 bits per heavy atom. The topological polar surface area (TPSA) is 20.2 Å². The highest BCUT2D eigenvalue weighted by molar-refractivity contribution is 5.60. The Balaban J connectivity index is 2.93. The molecular weight excluding hydrogens is 196 g/mol. The van der Waals surface area contributed by atoms with Crippen LogP contribution in [0.15, 0.2) is 30.4 Å². The average Bonchev–Trinajstić information content (AvgIpc) is 2.16. The quantitative estimate of drug-likeness (QED) is 0.763. The van der Waals surface area contributed by atoms with E-state index >= 15 is 0 Å². The second-order valence-corrected chi connectivity index (χ2v) is 4.28. The summed E-state index contributed by atoms with van der Waals surface area (Å²) < 4.78 is 0. The largest absolute Gasteiger partial charge is 0.396 e. The van der Waals surface area contributed by atoms with E-state index in [1.807, 2.05) is 6.08 Å². The van der Waals surface area contributed by atoms with Crippen molar-refractivity contribution in [2.24, 2.45) is 0 Å². The summed E-state index contributed by atoms with van der Waals surface area (Å²) in [7, 11) is 0. The molecule has 0 spiro atoms. The molecule has 0 aliphatic carbocycles. The van der Waals surface area contributed by atoms with Crippen LogP contribution in [-0.4, -0.2) is 11.7 Å². The molecule has 0 atom stereocenters. The van der Waals surface area contributed by atoms with E-state index in [0.717, 1.165) is 5.57 Å². The summed E-state index contributed by atoms with van der Waals surface area (Å²) in [5.74, 6) is 0. The third-order valence-electron chi connectivity index (χ3n) is 2.66. The van der Waals surface area contributed by atoms with Gasteiger partial charge in [0.05, 0.1) is 0 Å². The van der Waals surface area contributed by atoms with Crippen molar-refractivity contribution in [3.8, 4) is 0 Å². The van der Waals surface area contributed by atoms with Crippen LogP contribution in [0.2, 0.25) is 0 Å². The van der Waals surface area contributed by atoms with E-state index in [1.54, 1.807) is 0 Å². The predicted octanol–water partition coefficient (Wildman–Crippen LogP) is 3.56. The lowest BCUT2D eigenvalue weighted by Crippen LogP contribution is -1.89. The molecule has 0 aliphatic heterocycles. The molecule has 1 nitrogen and oxygen atoms in total. The number of rotatable bonds is 4. The molecule has 1 N–H and O–H groups in total. The van der Waals surface area contributed by atoms with Gasteiger partial charge >= 0.3 is 0 Å². The van der Waals surface area contributed by atoms with Gasteiger partial charge in [0.15, 0.2) is 0 Å². The summed E-state index contributed by atoms with van der Waals surface area (Å²) in [6, 6.07) is 4.36. The fourth-order valence-corrected chi connectivity index (χ4v) is 1.88. The van der Waals surface area contributed by atoms with E-state index < -0.39 is 0 Å². The molecule has 0 amide bonds. The van der Waals surface area contributed by atoms with E-state index in [-0.39, 0.29) is 6.61 Å². The van der Waals surface area contributed by atoms with Gasteiger partial charge in [-0.05, 0) is 43.9 Å². The number of allylic oxidation sites excluding steroid dienone is 1. The predicted molar refractivity (Wildman–Crippen MR) is 70.5 cm³/mol. The van der Waals surface area contributed by atoms with E-state index in [9.17, 15) is 0 Å². The Kier molecular flexibility index (Phi) is 4.51. The lowest BCUT2D eigenvalue weighted by atomic mass is 9.99. The molecule has 0 heterocycles. The van der Waals surface area contributed by atoms with Gasteiger partial charge < -0.3 is 5.11 Å². The monoisotopic (exact) mass is 216 g/mol. The summed E-state index contributed by atoms with van der Waals surface area (Å²) in [6.07, 6.45) is 4.71. The number of aliphatic hydroxyl groups excluding tert-OH is 1. The van der Waals surface area contributed by atoms with Crippen molar-refractivity contribution in [1.29, 1.82) is 0 Å². The van der Waals surface area contributed by atoms with Crippen molar-refractivity contribution in [2.45, 2.75) is 27.2 Å². The number of benzene rings is 1.